The Morgan fingerprint density at radius 2 is 1.61 bits per heavy atom. The molecule has 0 aliphatic carbocycles. The van der Waals surface area contributed by atoms with Crippen molar-refractivity contribution in [2.75, 3.05) is 4.72 Å². The molecule has 0 amide bonds. The molecule has 2 aromatic rings. The minimum atomic E-state index is -4.96. The third-order valence-electron chi connectivity index (χ3n) is 2.98. The van der Waals surface area contributed by atoms with Gasteiger partial charge >= 0.3 is 6.18 Å². The molecule has 0 spiro atoms. The van der Waals surface area contributed by atoms with Gasteiger partial charge in [0.1, 0.15) is 22.6 Å². The lowest BCUT2D eigenvalue weighted by Crippen LogP contribution is -2.12. The zero-order chi connectivity index (χ0) is 17.4. The Labute approximate surface area is 129 Å². The zero-order valence-electron chi connectivity index (χ0n) is 11.5. The van der Waals surface area contributed by atoms with Crippen molar-refractivity contribution in [3.05, 3.63) is 58.9 Å². The fourth-order valence-corrected chi connectivity index (χ4v) is 2.63. The van der Waals surface area contributed by atoms with Crippen molar-refractivity contribution in [1.82, 2.24) is 0 Å². The number of hydrogen-bond acceptors (Lipinski definition) is 1. The Bertz CT molecular complexity index is 775. The van der Waals surface area contributed by atoms with Gasteiger partial charge in [0.05, 0.1) is 16.1 Å². The first kappa shape index (κ1) is 17.3. The van der Waals surface area contributed by atoms with Crippen LogP contribution in [0.5, 0.6) is 0 Å². The number of nitrogens with one attached hydrogen (secondary N) is 1. The van der Waals surface area contributed by atoms with Gasteiger partial charge in [0.15, 0.2) is 5.82 Å². The highest BCUT2D eigenvalue weighted by molar-refractivity contribution is 7.86. The lowest BCUT2D eigenvalue weighted by molar-refractivity contribution is -0.140. The number of rotatable bonds is 3. The van der Waals surface area contributed by atoms with Crippen molar-refractivity contribution in [3.63, 3.8) is 0 Å². The summed E-state index contributed by atoms with van der Waals surface area (Å²) in [6.07, 6.45) is -4.96. The molecule has 0 radical (unpaired) electrons. The summed E-state index contributed by atoms with van der Waals surface area (Å²) >= 11 is 0. The summed E-state index contributed by atoms with van der Waals surface area (Å²) in [6, 6.07) is 3.65. The second-order valence-electron chi connectivity index (χ2n) is 4.54. The molecule has 0 aliphatic rings. The summed E-state index contributed by atoms with van der Waals surface area (Å²) in [7, 11) is -2.29. The highest BCUT2D eigenvalue weighted by Gasteiger charge is 2.34. The number of hydrogen-bond donors (Lipinski definition) is 1. The number of anilines is 1. The number of benzene rings is 2. The van der Waals surface area contributed by atoms with Gasteiger partial charge in [-0.3, -0.25) is 4.72 Å². The minimum Gasteiger partial charge on any atom is -0.298 e. The van der Waals surface area contributed by atoms with E-state index >= 15 is 0 Å². The monoisotopic (exact) mass is 353 g/mol. The van der Waals surface area contributed by atoms with E-state index in [0.29, 0.717) is 12.1 Å². The topological polar surface area (TPSA) is 29.1 Å². The van der Waals surface area contributed by atoms with Crippen LogP contribution in [-0.4, -0.2) is 4.21 Å². The second-order valence-corrected chi connectivity index (χ2v) is 5.76. The molecule has 1 N–H and O–H groups in total. The molecule has 23 heavy (non-hydrogen) atoms. The summed E-state index contributed by atoms with van der Waals surface area (Å²) in [5, 5.41) is 0. The van der Waals surface area contributed by atoms with E-state index in [1.165, 1.54) is 0 Å². The molecule has 9 heteroatoms. The van der Waals surface area contributed by atoms with Crippen molar-refractivity contribution < 1.29 is 30.6 Å². The Morgan fingerprint density at radius 3 is 2.22 bits per heavy atom. The van der Waals surface area contributed by atoms with Gasteiger partial charge in [-0.15, -0.1) is 0 Å². The average Bonchev–Trinajstić information content (AvgIpc) is 2.47. The molecule has 2 rings (SSSR count). The van der Waals surface area contributed by atoms with Crippen LogP contribution in [0.25, 0.3) is 0 Å². The normalized spacial score (nSPS) is 13.0. The minimum absolute atomic E-state index is 0.331. The summed E-state index contributed by atoms with van der Waals surface area (Å²) in [6.45, 7) is 1.15. The Morgan fingerprint density at radius 1 is 1.00 bits per heavy atom. The first-order valence-corrected chi connectivity index (χ1v) is 7.26. The van der Waals surface area contributed by atoms with Gasteiger partial charge in [0.25, 0.3) is 0 Å². The van der Waals surface area contributed by atoms with E-state index in [1.54, 1.807) is 0 Å². The van der Waals surface area contributed by atoms with Crippen molar-refractivity contribution in [2.24, 2.45) is 0 Å². The predicted molar refractivity (Wildman–Crippen MR) is 72.5 cm³/mol. The van der Waals surface area contributed by atoms with Gasteiger partial charge in [-0.2, -0.15) is 13.2 Å². The quantitative estimate of drug-likeness (QED) is 0.805. The predicted octanol–water partition coefficient (Wildman–Crippen LogP) is 4.57. The van der Waals surface area contributed by atoms with Gasteiger partial charge in [-0.05, 0) is 37.3 Å². The molecule has 0 aliphatic heterocycles. The average molecular weight is 353 g/mol. The molecule has 124 valence electrons. The van der Waals surface area contributed by atoms with Crippen LogP contribution >= 0.6 is 0 Å². The molecule has 2 aromatic carbocycles. The highest BCUT2D eigenvalue weighted by Crippen LogP contribution is 2.32. The number of halogens is 6. The first-order valence-electron chi connectivity index (χ1n) is 6.11. The van der Waals surface area contributed by atoms with E-state index in [0.717, 1.165) is 25.1 Å². The van der Waals surface area contributed by atoms with Crippen LogP contribution in [0.1, 0.15) is 11.1 Å². The van der Waals surface area contributed by atoms with Crippen LogP contribution < -0.4 is 4.72 Å². The van der Waals surface area contributed by atoms with E-state index in [4.69, 9.17) is 0 Å². The molecule has 0 saturated carbocycles. The molecule has 0 bridgehead atoms. The summed E-state index contributed by atoms with van der Waals surface area (Å²) in [5.41, 5.74) is -2.26. The molecule has 0 fully saturated rings. The summed E-state index contributed by atoms with van der Waals surface area (Å²) in [4.78, 5) is -0.403. The van der Waals surface area contributed by atoms with Crippen molar-refractivity contribution in [1.29, 1.82) is 0 Å². The second kappa shape index (κ2) is 6.23. The Balaban J connectivity index is 2.34. The fourth-order valence-electron chi connectivity index (χ4n) is 1.74. The summed E-state index contributed by atoms with van der Waals surface area (Å²) < 4.78 is 92.1. The van der Waals surface area contributed by atoms with E-state index in [-0.39, 0.29) is 11.3 Å². The van der Waals surface area contributed by atoms with E-state index in [9.17, 15) is 30.6 Å². The maximum Gasteiger partial charge on any atom is 0.419 e. The molecule has 0 aromatic heterocycles. The van der Waals surface area contributed by atoms with Crippen LogP contribution in [0.2, 0.25) is 0 Å². The van der Waals surface area contributed by atoms with E-state index in [1.807, 2.05) is 0 Å². The molecule has 1 atom stereocenters. The summed E-state index contributed by atoms with van der Waals surface area (Å²) in [5.74, 6) is -3.35. The van der Waals surface area contributed by atoms with Crippen LogP contribution in [0, 0.1) is 24.4 Å². The van der Waals surface area contributed by atoms with Gasteiger partial charge in [-0.25, -0.2) is 17.4 Å². The third kappa shape index (κ3) is 3.66. The first-order chi connectivity index (χ1) is 10.6. The number of alkyl halides is 3. The van der Waals surface area contributed by atoms with Crippen LogP contribution in [0.4, 0.5) is 32.0 Å². The largest absolute Gasteiger partial charge is 0.419 e. The molecule has 2 nitrogen and oxygen atoms in total. The van der Waals surface area contributed by atoms with Crippen molar-refractivity contribution in [2.45, 2.75) is 18.0 Å². The Hall–Kier alpha value is -2.03. The smallest absolute Gasteiger partial charge is 0.298 e. The Kier molecular flexibility index (Phi) is 4.69. The fraction of sp³-hybridized carbons (Fsp3) is 0.143. The van der Waals surface area contributed by atoms with E-state index < -0.39 is 45.1 Å². The standard InChI is InChI=1S/C14H9F6NOS/c1-7-10(15)4-5-12(13(7)17)21-23(22)8-2-3-11(16)9(6-8)14(18,19)20/h2-6,21H,1H3. The SMILES string of the molecule is Cc1c(F)ccc(NS(=O)c2ccc(F)c(C(F)(F)F)c2)c1F. The zero-order valence-corrected chi connectivity index (χ0v) is 12.3. The van der Waals surface area contributed by atoms with E-state index in [2.05, 4.69) is 4.72 Å². The van der Waals surface area contributed by atoms with Crippen molar-refractivity contribution >= 4 is 16.7 Å². The van der Waals surface area contributed by atoms with Gasteiger partial charge in [0, 0.05) is 5.56 Å². The lowest BCUT2D eigenvalue weighted by Gasteiger charge is -2.12. The van der Waals surface area contributed by atoms with Gasteiger partial charge in [0.2, 0.25) is 0 Å². The van der Waals surface area contributed by atoms with Gasteiger partial charge in [-0.1, -0.05) is 0 Å². The van der Waals surface area contributed by atoms with Crippen LogP contribution in [0.15, 0.2) is 35.2 Å². The molecular weight excluding hydrogens is 344 g/mol. The highest BCUT2D eigenvalue weighted by atomic mass is 32.2. The molecule has 0 heterocycles. The van der Waals surface area contributed by atoms with Crippen LogP contribution in [0.3, 0.4) is 0 Å². The van der Waals surface area contributed by atoms with Crippen molar-refractivity contribution in [3.8, 4) is 0 Å². The maximum atomic E-state index is 13.8. The lowest BCUT2D eigenvalue weighted by atomic mass is 10.2. The molecule has 0 saturated heterocycles. The van der Waals surface area contributed by atoms with Gasteiger partial charge < -0.3 is 0 Å². The molecule has 1 unspecified atom stereocenters. The molecular formula is C14H9F6NOS. The van der Waals surface area contributed by atoms with Crippen LogP contribution in [-0.2, 0) is 17.2 Å². The maximum absolute atomic E-state index is 13.8. The third-order valence-corrected chi connectivity index (χ3v) is 4.07.